The van der Waals surface area contributed by atoms with E-state index in [1.807, 2.05) is 0 Å². The molecule has 0 fully saturated rings. The number of hydrogen-bond donors (Lipinski definition) is 0. The van der Waals surface area contributed by atoms with Crippen LogP contribution in [0.2, 0.25) is 0 Å². The minimum absolute atomic E-state index is 0.0977. The first kappa shape index (κ1) is 75.5. The average Bonchev–Trinajstić information content (AvgIpc) is 3.46. The van der Waals surface area contributed by atoms with Gasteiger partial charge in [-0.05, 0) is 116 Å². The molecule has 0 saturated carbocycles. The fraction of sp³-hybridized carbons (Fsp3) is 0.662. The number of carbonyl (C=O) groups is 3. The van der Waals surface area contributed by atoms with E-state index in [9.17, 15) is 14.4 Å². The van der Waals surface area contributed by atoms with Gasteiger partial charge in [0.1, 0.15) is 13.2 Å². The van der Waals surface area contributed by atoms with Crippen LogP contribution in [0.5, 0.6) is 0 Å². The van der Waals surface area contributed by atoms with Crippen molar-refractivity contribution in [2.24, 2.45) is 0 Å². The molecule has 0 spiro atoms. The van der Waals surface area contributed by atoms with Crippen LogP contribution in [0.15, 0.2) is 134 Å². The van der Waals surface area contributed by atoms with Gasteiger partial charge in [0.2, 0.25) is 0 Å². The standard InChI is InChI=1S/C74H122O6/c1-4-7-10-13-16-19-22-25-28-31-34-35-36-37-38-39-41-43-46-49-52-55-58-61-64-67-73(76)79-70-71(69-78-72(75)66-63-60-57-54-51-48-45-42-33-30-27-24-21-18-15-12-9-6-3)80-74(77)68-65-62-59-56-53-50-47-44-40-32-29-26-23-20-17-14-11-8-5-2/h7-8,10-11,16-17,19-20,25-26,28-29,34-35,37-38,40-41,43-44,50,53,71H,4-6,9,12-15,18,21-24,27,30-33,36,39,42,45-49,51-52,54-70H2,1-3H3/b10-7-,11-8-,19-16-,20-17-,28-25-,29-26-,35-34-,38-37-,43-41-,44-40-,53-50-. The van der Waals surface area contributed by atoms with E-state index in [4.69, 9.17) is 14.2 Å². The molecule has 1 unspecified atom stereocenters. The van der Waals surface area contributed by atoms with Gasteiger partial charge in [-0.25, -0.2) is 0 Å². The monoisotopic (exact) mass is 1110 g/mol. The molecule has 0 amide bonds. The minimum atomic E-state index is -0.807. The summed E-state index contributed by atoms with van der Waals surface area (Å²) in [5.74, 6) is -0.938. The lowest BCUT2D eigenvalue weighted by atomic mass is 10.0. The highest BCUT2D eigenvalue weighted by atomic mass is 16.6. The molecule has 0 aliphatic rings. The van der Waals surface area contributed by atoms with E-state index in [0.717, 1.165) is 148 Å². The van der Waals surface area contributed by atoms with E-state index in [2.05, 4.69) is 154 Å². The number of allylic oxidation sites excluding steroid dienone is 22. The van der Waals surface area contributed by atoms with Gasteiger partial charge in [-0.1, -0.05) is 296 Å². The Morgan fingerprint density at radius 3 is 0.775 bits per heavy atom. The first-order chi connectivity index (χ1) is 39.5. The summed E-state index contributed by atoms with van der Waals surface area (Å²) in [6, 6.07) is 0. The molecular weight excluding hydrogens is 985 g/mol. The van der Waals surface area contributed by atoms with Gasteiger partial charge in [0.15, 0.2) is 6.10 Å². The summed E-state index contributed by atoms with van der Waals surface area (Å²) in [4.78, 5) is 38.4. The molecule has 80 heavy (non-hydrogen) atoms. The van der Waals surface area contributed by atoms with Crippen LogP contribution < -0.4 is 0 Å². The van der Waals surface area contributed by atoms with Crippen LogP contribution in [0.3, 0.4) is 0 Å². The SMILES string of the molecule is CC/C=C\C/C=C\C/C=C\C/C=C\C/C=C\C/C=C\CCCCCCCCC(=O)OCC(COC(=O)CCCCCCCCCCCCCCCCCCCC)OC(=O)CCCCC/C=C\C/C=C\C/C=C\C/C=C\C/C=C\CC. The van der Waals surface area contributed by atoms with Crippen LogP contribution in [0, 0.1) is 0 Å². The fourth-order valence-electron chi connectivity index (χ4n) is 9.00. The van der Waals surface area contributed by atoms with Crippen molar-refractivity contribution in [3.05, 3.63) is 134 Å². The van der Waals surface area contributed by atoms with Gasteiger partial charge in [-0.15, -0.1) is 0 Å². The van der Waals surface area contributed by atoms with Gasteiger partial charge in [0.25, 0.3) is 0 Å². The number of ether oxygens (including phenoxy) is 3. The first-order valence-electron chi connectivity index (χ1n) is 33.2. The summed E-state index contributed by atoms with van der Waals surface area (Å²) in [5.41, 5.74) is 0. The molecule has 0 radical (unpaired) electrons. The van der Waals surface area contributed by atoms with Gasteiger partial charge < -0.3 is 14.2 Å². The average molecular weight is 1110 g/mol. The lowest BCUT2D eigenvalue weighted by Gasteiger charge is -2.18. The van der Waals surface area contributed by atoms with Gasteiger partial charge in [0, 0.05) is 19.3 Å². The maximum atomic E-state index is 12.9. The third kappa shape index (κ3) is 64.4. The van der Waals surface area contributed by atoms with E-state index < -0.39 is 6.10 Å². The second-order valence-corrected chi connectivity index (χ2v) is 21.6. The predicted molar refractivity (Wildman–Crippen MR) is 348 cm³/mol. The molecule has 0 rings (SSSR count). The Bertz CT molecular complexity index is 1700. The summed E-state index contributed by atoms with van der Waals surface area (Å²) in [5, 5.41) is 0. The quantitative estimate of drug-likeness (QED) is 0.0261. The molecule has 0 heterocycles. The van der Waals surface area contributed by atoms with Crippen molar-refractivity contribution in [2.45, 2.75) is 303 Å². The molecule has 0 aromatic rings. The molecule has 1 atom stereocenters. The van der Waals surface area contributed by atoms with Gasteiger partial charge in [0.05, 0.1) is 0 Å². The summed E-state index contributed by atoms with van der Waals surface area (Å²) in [6.45, 7) is 6.40. The Kier molecular flexibility index (Phi) is 63.3. The fourth-order valence-corrected chi connectivity index (χ4v) is 9.00. The normalized spacial score (nSPS) is 13.0. The number of rotatable bonds is 59. The third-order valence-corrected chi connectivity index (χ3v) is 13.9. The predicted octanol–water partition coefficient (Wildman–Crippen LogP) is 22.9. The summed E-state index contributed by atoms with van der Waals surface area (Å²) in [6.07, 6.45) is 94.5. The van der Waals surface area contributed by atoms with E-state index in [-0.39, 0.29) is 37.5 Å². The highest BCUT2D eigenvalue weighted by Gasteiger charge is 2.19. The molecule has 0 aliphatic carbocycles. The van der Waals surface area contributed by atoms with Crippen LogP contribution in [0.1, 0.15) is 297 Å². The van der Waals surface area contributed by atoms with Gasteiger partial charge >= 0.3 is 17.9 Å². The largest absolute Gasteiger partial charge is 0.462 e. The smallest absolute Gasteiger partial charge is 0.306 e. The van der Waals surface area contributed by atoms with Gasteiger partial charge in [-0.3, -0.25) is 14.4 Å². The molecule has 0 aromatic carbocycles. The van der Waals surface area contributed by atoms with Crippen molar-refractivity contribution >= 4 is 17.9 Å². The zero-order chi connectivity index (χ0) is 57.8. The highest BCUT2D eigenvalue weighted by Crippen LogP contribution is 2.16. The number of carbonyl (C=O) groups excluding carboxylic acids is 3. The Balaban J connectivity index is 4.47. The van der Waals surface area contributed by atoms with E-state index in [1.54, 1.807) is 0 Å². The topological polar surface area (TPSA) is 78.9 Å². The molecular formula is C74H122O6. The van der Waals surface area contributed by atoms with Crippen molar-refractivity contribution in [1.29, 1.82) is 0 Å². The second-order valence-electron chi connectivity index (χ2n) is 21.6. The maximum Gasteiger partial charge on any atom is 0.306 e. The summed E-state index contributed by atoms with van der Waals surface area (Å²) >= 11 is 0. The maximum absolute atomic E-state index is 12.9. The summed E-state index contributed by atoms with van der Waals surface area (Å²) < 4.78 is 16.9. The van der Waals surface area contributed by atoms with Crippen LogP contribution in [0.25, 0.3) is 0 Å². The summed E-state index contributed by atoms with van der Waals surface area (Å²) in [7, 11) is 0. The van der Waals surface area contributed by atoms with Crippen LogP contribution in [-0.4, -0.2) is 37.2 Å². The van der Waals surface area contributed by atoms with Crippen LogP contribution in [0.4, 0.5) is 0 Å². The van der Waals surface area contributed by atoms with Gasteiger partial charge in [-0.2, -0.15) is 0 Å². The molecule has 0 N–H and O–H groups in total. The van der Waals surface area contributed by atoms with E-state index >= 15 is 0 Å². The molecule has 0 bridgehead atoms. The number of unbranched alkanes of at least 4 members (excludes halogenated alkanes) is 26. The van der Waals surface area contributed by atoms with Crippen molar-refractivity contribution < 1.29 is 28.6 Å². The lowest BCUT2D eigenvalue weighted by molar-refractivity contribution is -0.167. The number of hydrogen-bond acceptors (Lipinski definition) is 6. The Hall–Kier alpha value is -4.45. The Morgan fingerprint density at radius 1 is 0.263 bits per heavy atom. The van der Waals surface area contributed by atoms with Crippen molar-refractivity contribution in [3.8, 4) is 0 Å². The molecule has 0 aromatic heterocycles. The molecule has 0 aliphatic heterocycles. The molecule has 6 nitrogen and oxygen atoms in total. The minimum Gasteiger partial charge on any atom is -0.462 e. The molecule has 454 valence electrons. The van der Waals surface area contributed by atoms with Crippen molar-refractivity contribution in [3.63, 3.8) is 0 Å². The lowest BCUT2D eigenvalue weighted by Crippen LogP contribution is -2.30. The van der Waals surface area contributed by atoms with E-state index in [0.29, 0.717) is 12.8 Å². The Labute approximate surface area is 494 Å². The van der Waals surface area contributed by atoms with Crippen molar-refractivity contribution in [2.75, 3.05) is 13.2 Å². The third-order valence-electron chi connectivity index (χ3n) is 13.9. The first-order valence-corrected chi connectivity index (χ1v) is 33.2. The number of esters is 3. The van der Waals surface area contributed by atoms with E-state index in [1.165, 1.54) is 109 Å². The second kappa shape index (κ2) is 67.1. The van der Waals surface area contributed by atoms with Crippen molar-refractivity contribution in [1.82, 2.24) is 0 Å². The molecule has 6 heteroatoms. The van der Waals surface area contributed by atoms with Crippen LogP contribution in [-0.2, 0) is 28.6 Å². The van der Waals surface area contributed by atoms with Crippen LogP contribution >= 0.6 is 0 Å². The highest BCUT2D eigenvalue weighted by molar-refractivity contribution is 5.71. The molecule has 0 saturated heterocycles. The zero-order valence-corrected chi connectivity index (χ0v) is 52.0. The zero-order valence-electron chi connectivity index (χ0n) is 52.0. The Morgan fingerprint density at radius 2 is 0.487 bits per heavy atom.